The normalized spacial score (nSPS) is 10.3. The van der Waals surface area contributed by atoms with Crippen LogP contribution in [0.2, 0.25) is 0 Å². The highest BCUT2D eigenvalue weighted by Crippen LogP contribution is 2.21. The number of hydrogen-bond donors (Lipinski definition) is 1. The molecule has 1 aromatic carbocycles. The molecule has 1 N–H and O–H groups in total. The highest BCUT2D eigenvalue weighted by molar-refractivity contribution is 6.03. The summed E-state index contributed by atoms with van der Waals surface area (Å²) in [7, 11) is 0. The summed E-state index contributed by atoms with van der Waals surface area (Å²) < 4.78 is 17.9. The van der Waals surface area contributed by atoms with Gasteiger partial charge in [-0.3, -0.25) is 15.1 Å². The Hall–Kier alpha value is -3.02. The first-order valence-corrected chi connectivity index (χ1v) is 6.16. The molecule has 6 heteroatoms. The van der Waals surface area contributed by atoms with Gasteiger partial charge in [0, 0.05) is 29.6 Å². The lowest BCUT2D eigenvalue weighted by atomic mass is 10.2. The zero-order chi connectivity index (χ0) is 14.7. The number of pyridine rings is 1. The van der Waals surface area contributed by atoms with Crippen LogP contribution in [0.1, 0.15) is 10.4 Å². The van der Waals surface area contributed by atoms with Gasteiger partial charge in [-0.1, -0.05) is 5.16 Å². The Kier molecular flexibility index (Phi) is 3.42. The molecule has 0 saturated heterocycles. The van der Waals surface area contributed by atoms with Gasteiger partial charge in [0.05, 0.1) is 0 Å². The molecule has 1 amide bonds. The molecule has 3 aromatic rings. The van der Waals surface area contributed by atoms with Crippen molar-refractivity contribution in [3.63, 3.8) is 0 Å². The summed E-state index contributed by atoms with van der Waals surface area (Å²) in [4.78, 5) is 15.9. The molecule has 3 rings (SSSR count). The quantitative estimate of drug-likeness (QED) is 0.801. The summed E-state index contributed by atoms with van der Waals surface area (Å²) in [5.41, 5.74) is 1.75. The first kappa shape index (κ1) is 13.0. The van der Waals surface area contributed by atoms with Gasteiger partial charge in [-0.25, -0.2) is 4.39 Å². The highest BCUT2D eigenvalue weighted by atomic mass is 19.1. The molecule has 0 saturated carbocycles. The third kappa shape index (κ3) is 2.94. The monoisotopic (exact) mass is 283 g/mol. The van der Waals surface area contributed by atoms with Crippen molar-refractivity contribution in [2.75, 3.05) is 5.32 Å². The Morgan fingerprint density at radius 3 is 2.52 bits per heavy atom. The van der Waals surface area contributed by atoms with Crippen LogP contribution in [-0.2, 0) is 0 Å². The van der Waals surface area contributed by atoms with Gasteiger partial charge in [-0.05, 0) is 36.4 Å². The smallest absolute Gasteiger partial charge is 0.258 e. The summed E-state index contributed by atoms with van der Waals surface area (Å²) in [6.07, 6.45) is 3.28. The molecule has 0 fully saturated rings. The Balaban J connectivity index is 1.75. The molecule has 104 valence electrons. The Bertz CT molecular complexity index is 754. The van der Waals surface area contributed by atoms with Crippen molar-refractivity contribution in [2.24, 2.45) is 0 Å². The molecule has 0 bridgehead atoms. The van der Waals surface area contributed by atoms with E-state index >= 15 is 0 Å². The molecule has 0 aliphatic heterocycles. The van der Waals surface area contributed by atoms with Crippen LogP contribution in [0.15, 0.2) is 59.4 Å². The van der Waals surface area contributed by atoms with Crippen LogP contribution < -0.4 is 5.32 Å². The minimum atomic E-state index is -0.397. The van der Waals surface area contributed by atoms with Crippen LogP contribution in [0, 0.1) is 5.82 Å². The molecule has 21 heavy (non-hydrogen) atoms. The topological polar surface area (TPSA) is 68.0 Å². The van der Waals surface area contributed by atoms with E-state index in [4.69, 9.17) is 4.52 Å². The van der Waals surface area contributed by atoms with E-state index in [2.05, 4.69) is 15.5 Å². The van der Waals surface area contributed by atoms with Crippen molar-refractivity contribution < 1.29 is 13.7 Å². The number of hydrogen-bond acceptors (Lipinski definition) is 4. The predicted octanol–water partition coefficient (Wildman–Crippen LogP) is 3.13. The van der Waals surface area contributed by atoms with E-state index in [0.29, 0.717) is 11.3 Å². The minimum absolute atomic E-state index is 0.219. The largest absolute Gasteiger partial charge is 0.338 e. The number of nitrogens with zero attached hydrogens (tertiary/aromatic N) is 2. The number of nitrogens with one attached hydrogen (secondary N) is 1. The molecule has 2 heterocycles. The predicted molar refractivity (Wildman–Crippen MR) is 74.1 cm³/mol. The average Bonchev–Trinajstić information content (AvgIpc) is 2.97. The van der Waals surface area contributed by atoms with Crippen LogP contribution in [0.4, 0.5) is 10.3 Å². The van der Waals surface area contributed by atoms with Crippen molar-refractivity contribution in [3.8, 4) is 11.3 Å². The van der Waals surface area contributed by atoms with Gasteiger partial charge in [-0.2, -0.15) is 0 Å². The zero-order valence-electron chi connectivity index (χ0n) is 10.8. The maximum atomic E-state index is 12.8. The van der Waals surface area contributed by atoms with Crippen LogP contribution in [0.3, 0.4) is 0 Å². The molecule has 5 nitrogen and oxygen atoms in total. The fourth-order valence-corrected chi connectivity index (χ4v) is 1.78. The van der Waals surface area contributed by atoms with Crippen molar-refractivity contribution in [1.29, 1.82) is 0 Å². The van der Waals surface area contributed by atoms with E-state index in [-0.39, 0.29) is 5.88 Å². The van der Waals surface area contributed by atoms with Crippen molar-refractivity contribution in [2.45, 2.75) is 0 Å². The third-order valence-corrected chi connectivity index (χ3v) is 2.83. The fraction of sp³-hybridized carbons (Fsp3) is 0. The van der Waals surface area contributed by atoms with Gasteiger partial charge in [0.1, 0.15) is 11.5 Å². The van der Waals surface area contributed by atoms with Gasteiger partial charge in [-0.15, -0.1) is 0 Å². The molecule has 0 atom stereocenters. The van der Waals surface area contributed by atoms with Crippen molar-refractivity contribution >= 4 is 11.8 Å². The second-order valence-corrected chi connectivity index (χ2v) is 4.27. The first-order chi connectivity index (χ1) is 10.2. The number of aromatic nitrogens is 2. The summed E-state index contributed by atoms with van der Waals surface area (Å²) >= 11 is 0. The molecule has 0 aliphatic carbocycles. The van der Waals surface area contributed by atoms with E-state index in [1.54, 1.807) is 30.6 Å². The fourth-order valence-electron chi connectivity index (χ4n) is 1.78. The van der Waals surface area contributed by atoms with E-state index in [1.807, 2.05) is 0 Å². The number of rotatable bonds is 3. The Morgan fingerprint density at radius 1 is 1.10 bits per heavy atom. The lowest BCUT2D eigenvalue weighted by Gasteiger charge is -2.00. The maximum Gasteiger partial charge on any atom is 0.258 e. The van der Waals surface area contributed by atoms with Crippen molar-refractivity contribution in [3.05, 3.63) is 66.2 Å². The van der Waals surface area contributed by atoms with E-state index in [0.717, 1.165) is 5.56 Å². The summed E-state index contributed by atoms with van der Waals surface area (Å²) in [5.74, 6) is -0.574. The first-order valence-electron chi connectivity index (χ1n) is 6.16. The third-order valence-electron chi connectivity index (χ3n) is 2.83. The SMILES string of the molecule is O=C(Nc1cc(-c2ccncc2)no1)c1ccc(F)cc1. The Labute approximate surface area is 119 Å². The second-order valence-electron chi connectivity index (χ2n) is 4.27. The Morgan fingerprint density at radius 2 is 1.81 bits per heavy atom. The number of anilines is 1. The molecule has 0 aliphatic rings. The standard InChI is InChI=1S/C15H10FN3O2/c16-12-3-1-11(2-4-12)15(20)18-14-9-13(19-21-14)10-5-7-17-8-6-10/h1-9H,(H,18,20). The van der Waals surface area contributed by atoms with Crippen LogP contribution in [-0.4, -0.2) is 16.0 Å². The molecular weight excluding hydrogens is 273 g/mol. The van der Waals surface area contributed by atoms with Gasteiger partial charge < -0.3 is 4.52 Å². The van der Waals surface area contributed by atoms with Gasteiger partial charge >= 0.3 is 0 Å². The average molecular weight is 283 g/mol. The molecule has 2 aromatic heterocycles. The van der Waals surface area contributed by atoms with Gasteiger partial charge in [0.15, 0.2) is 0 Å². The number of amides is 1. The maximum absolute atomic E-state index is 12.8. The lowest BCUT2D eigenvalue weighted by Crippen LogP contribution is -2.11. The summed E-state index contributed by atoms with van der Waals surface area (Å²) in [6, 6.07) is 10.4. The zero-order valence-corrected chi connectivity index (χ0v) is 10.8. The number of carbonyl (C=O) groups is 1. The van der Waals surface area contributed by atoms with Gasteiger partial charge in [0.2, 0.25) is 5.88 Å². The second kappa shape index (κ2) is 5.54. The number of benzene rings is 1. The van der Waals surface area contributed by atoms with E-state index in [1.165, 1.54) is 24.3 Å². The number of halogens is 1. The van der Waals surface area contributed by atoms with Crippen LogP contribution in [0.25, 0.3) is 11.3 Å². The van der Waals surface area contributed by atoms with Crippen molar-refractivity contribution in [1.82, 2.24) is 10.1 Å². The minimum Gasteiger partial charge on any atom is -0.338 e. The summed E-state index contributed by atoms with van der Waals surface area (Å²) in [5, 5.41) is 6.43. The van der Waals surface area contributed by atoms with E-state index in [9.17, 15) is 9.18 Å². The molecule has 0 radical (unpaired) electrons. The number of carbonyl (C=O) groups excluding carboxylic acids is 1. The molecule has 0 spiro atoms. The highest BCUT2D eigenvalue weighted by Gasteiger charge is 2.11. The van der Waals surface area contributed by atoms with Gasteiger partial charge in [0.25, 0.3) is 5.91 Å². The summed E-state index contributed by atoms with van der Waals surface area (Å²) in [6.45, 7) is 0. The molecule has 0 unspecified atom stereocenters. The van der Waals surface area contributed by atoms with Crippen LogP contribution in [0.5, 0.6) is 0 Å². The van der Waals surface area contributed by atoms with Crippen LogP contribution >= 0.6 is 0 Å². The lowest BCUT2D eigenvalue weighted by molar-refractivity contribution is 0.102. The molecular formula is C15H10FN3O2. The van der Waals surface area contributed by atoms with E-state index < -0.39 is 11.7 Å².